The van der Waals surface area contributed by atoms with Crippen LogP contribution in [-0.4, -0.2) is 31.7 Å². The quantitative estimate of drug-likeness (QED) is 0.241. The van der Waals surface area contributed by atoms with E-state index in [2.05, 4.69) is 11.9 Å². The van der Waals surface area contributed by atoms with Crippen molar-refractivity contribution < 1.29 is 14.4 Å². The molecule has 4 aromatic rings. The number of thiazole rings is 1. The Morgan fingerprint density at radius 2 is 2.06 bits per heavy atom. The van der Waals surface area contributed by atoms with Gasteiger partial charge in [-0.3, -0.25) is 0 Å². The Morgan fingerprint density at radius 3 is 2.72 bits per heavy atom. The van der Waals surface area contributed by atoms with E-state index in [1.807, 2.05) is 35.7 Å². The van der Waals surface area contributed by atoms with Crippen LogP contribution in [0, 0.1) is 0 Å². The van der Waals surface area contributed by atoms with Gasteiger partial charge in [-0.05, 0) is 47.3 Å². The van der Waals surface area contributed by atoms with Crippen LogP contribution in [0.1, 0.15) is 32.3 Å². The molecule has 3 N–H and O–H groups in total. The van der Waals surface area contributed by atoms with Gasteiger partial charge < -0.3 is 20.1 Å². The number of aliphatic hydroxyl groups is 1. The van der Waals surface area contributed by atoms with Crippen molar-refractivity contribution in [2.75, 3.05) is 11.5 Å². The molecular weight excluding hydrogens is 462 g/mol. The molecule has 0 aliphatic carbocycles. The third kappa shape index (κ3) is 4.98. The van der Waals surface area contributed by atoms with E-state index in [1.165, 1.54) is 22.7 Å². The highest BCUT2D eigenvalue weighted by Crippen LogP contribution is 2.43. The second-order valence-corrected chi connectivity index (χ2v) is 11.0. The Bertz CT molecular complexity index is 1170. The van der Waals surface area contributed by atoms with Gasteiger partial charge in [-0.2, -0.15) is 0 Å². The summed E-state index contributed by atoms with van der Waals surface area (Å²) in [5, 5.41) is 12.9. The summed E-state index contributed by atoms with van der Waals surface area (Å²) in [5.41, 5.74) is 10.7. The SMILES string of the molecule is CCCC[S+]([O-])c1sc2nc(-c3nccs3)cc(-c3ccc(COC(C)O)cc3)c2c1N. The molecule has 0 fully saturated rings. The lowest BCUT2D eigenvalue weighted by molar-refractivity contribution is -0.0939. The first kappa shape index (κ1) is 23.2. The summed E-state index contributed by atoms with van der Waals surface area (Å²) in [5.74, 6) is 0.597. The van der Waals surface area contributed by atoms with Crippen molar-refractivity contribution in [2.24, 2.45) is 0 Å². The van der Waals surface area contributed by atoms with E-state index in [9.17, 15) is 9.66 Å². The molecule has 0 bridgehead atoms. The zero-order chi connectivity index (χ0) is 22.7. The standard InChI is InChI=1S/C23H25N3O3S3/c1-3-4-11-32(28)23-20(24)19-17(16-7-5-15(6-8-16)13-29-14(2)27)12-18(26-22(19)31-23)21-25-9-10-30-21/h5-10,12,14,27H,3-4,11,13,24H2,1-2H3. The lowest BCUT2D eigenvalue weighted by Gasteiger charge is -2.10. The number of nitrogens with two attached hydrogens (primary N) is 1. The number of hydrogen-bond acceptors (Lipinski definition) is 8. The van der Waals surface area contributed by atoms with Gasteiger partial charge in [-0.25, -0.2) is 9.97 Å². The molecule has 0 amide bonds. The first-order chi connectivity index (χ1) is 15.5. The summed E-state index contributed by atoms with van der Waals surface area (Å²) in [4.78, 5) is 10.0. The van der Waals surface area contributed by atoms with Crippen molar-refractivity contribution in [1.29, 1.82) is 0 Å². The van der Waals surface area contributed by atoms with Crippen molar-refractivity contribution >= 4 is 49.8 Å². The highest BCUT2D eigenvalue weighted by Gasteiger charge is 2.25. The lowest BCUT2D eigenvalue weighted by Crippen LogP contribution is -2.07. The first-order valence-electron chi connectivity index (χ1n) is 10.4. The van der Waals surface area contributed by atoms with Crippen molar-refractivity contribution in [3.63, 3.8) is 0 Å². The average molecular weight is 488 g/mol. The predicted molar refractivity (Wildman–Crippen MR) is 133 cm³/mol. The summed E-state index contributed by atoms with van der Waals surface area (Å²) in [6, 6.07) is 9.95. The maximum absolute atomic E-state index is 12.9. The van der Waals surface area contributed by atoms with E-state index in [1.54, 1.807) is 13.1 Å². The molecule has 0 spiro atoms. The van der Waals surface area contributed by atoms with Crippen molar-refractivity contribution in [3.8, 4) is 21.8 Å². The smallest absolute Gasteiger partial charge is 0.232 e. The molecule has 32 heavy (non-hydrogen) atoms. The van der Waals surface area contributed by atoms with E-state index in [4.69, 9.17) is 15.5 Å². The van der Waals surface area contributed by atoms with Gasteiger partial charge in [0.05, 0.1) is 6.61 Å². The van der Waals surface area contributed by atoms with E-state index in [0.29, 0.717) is 22.3 Å². The molecule has 6 nitrogen and oxygen atoms in total. The summed E-state index contributed by atoms with van der Waals surface area (Å²) >= 11 is 1.79. The molecule has 0 radical (unpaired) electrons. The number of hydrogen-bond donors (Lipinski definition) is 2. The number of unbranched alkanes of at least 4 members (excludes halogenated alkanes) is 1. The van der Waals surface area contributed by atoms with Crippen LogP contribution in [-0.2, 0) is 22.5 Å². The lowest BCUT2D eigenvalue weighted by atomic mass is 10.0. The van der Waals surface area contributed by atoms with E-state index < -0.39 is 17.5 Å². The Morgan fingerprint density at radius 1 is 1.28 bits per heavy atom. The summed E-state index contributed by atoms with van der Waals surface area (Å²) in [7, 11) is 0. The average Bonchev–Trinajstić information content (AvgIpc) is 3.44. The second-order valence-electron chi connectivity index (χ2n) is 7.39. The Kier molecular flexibility index (Phi) is 7.44. The second kappa shape index (κ2) is 10.3. The molecule has 9 heteroatoms. The zero-order valence-electron chi connectivity index (χ0n) is 17.9. The van der Waals surface area contributed by atoms with Crippen LogP contribution >= 0.6 is 22.7 Å². The molecule has 1 aromatic carbocycles. The van der Waals surface area contributed by atoms with Crippen LogP contribution in [0.5, 0.6) is 0 Å². The van der Waals surface area contributed by atoms with Crippen LogP contribution in [0.2, 0.25) is 0 Å². The van der Waals surface area contributed by atoms with Gasteiger partial charge in [0.2, 0.25) is 4.21 Å². The number of rotatable bonds is 9. The molecule has 168 valence electrons. The van der Waals surface area contributed by atoms with E-state index >= 15 is 0 Å². The molecule has 4 rings (SSSR count). The third-order valence-electron chi connectivity index (χ3n) is 4.96. The minimum Gasteiger partial charge on any atom is -0.611 e. The van der Waals surface area contributed by atoms with Gasteiger partial charge >= 0.3 is 0 Å². The summed E-state index contributed by atoms with van der Waals surface area (Å²) < 4.78 is 18.9. The van der Waals surface area contributed by atoms with Crippen LogP contribution in [0.25, 0.3) is 32.0 Å². The summed E-state index contributed by atoms with van der Waals surface area (Å²) in [6.45, 7) is 4.00. The molecule has 0 saturated heterocycles. The topological polar surface area (TPSA) is 104 Å². The minimum atomic E-state index is -1.15. The number of aliphatic hydroxyl groups excluding tert-OH is 1. The number of pyridine rings is 1. The van der Waals surface area contributed by atoms with Gasteiger partial charge in [0.1, 0.15) is 27.0 Å². The summed E-state index contributed by atoms with van der Waals surface area (Å²) in [6.07, 6.45) is 2.82. The molecule has 3 aromatic heterocycles. The number of nitrogens with zero attached hydrogens (tertiary/aromatic N) is 2. The van der Waals surface area contributed by atoms with Gasteiger partial charge in [0.25, 0.3) is 0 Å². The van der Waals surface area contributed by atoms with Crippen molar-refractivity contribution in [3.05, 3.63) is 47.5 Å². The maximum Gasteiger partial charge on any atom is 0.232 e. The number of anilines is 1. The normalized spacial score (nSPS) is 13.5. The monoisotopic (exact) mass is 487 g/mol. The third-order valence-corrected chi connectivity index (χ3v) is 8.75. The molecule has 2 unspecified atom stereocenters. The van der Waals surface area contributed by atoms with E-state index in [0.717, 1.165) is 50.5 Å². The van der Waals surface area contributed by atoms with Gasteiger partial charge in [0.15, 0.2) is 6.29 Å². The molecule has 0 aliphatic heterocycles. The number of fused-ring (bicyclic) bond motifs is 1. The van der Waals surface area contributed by atoms with Gasteiger partial charge in [-0.1, -0.05) is 48.9 Å². The fraction of sp³-hybridized carbons (Fsp3) is 0.304. The van der Waals surface area contributed by atoms with Crippen LogP contribution in [0.3, 0.4) is 0 Å². The van der Waals surface area contributed by atoms with Crippen LogP contribution < -0.4 is 5.73 Å². The van der Waals surface area contributed by atoms with Gasteiger partial charge in [0, 0.05) is 17.0 Å². The molecule has 2 atom stereocenters. The Hall–Kier alpha value is -2.01. The maximum atomic E-state index is 12.9. The zero-order valence-corrected chi connectivity index (χ0v) is 20.4. The molecule has 0 aliphatic rings. The van der Waals surface area contributed by atoms with Crippen molar-refractivity contribution in [1.82, 2.24) is 9.97 Å². The minimum absolute atomic E-state index is 0.329. The highest BCUT2D eigenvalue weighted by molar-refractivity contribution is 7.93. The number of nitrogen functional groups attached to an aromatic ring is 1. The molecular formula is C23H25N3O3S3. The number of ether oxygens (including phenoxy) is 1. The van der Waals surface area contributed by atoms with Gasteiger partial charge in [-0.15, -0.1) is 11.3 Å². The van der Waals surface area contributed by atoms with Crippen LogP contribution in [0.4, 0.5) is 5.69 Å². The Labute approximate surface area is 198 Å². The number of aromatic nitrogens is 2. The number of benzene rings is 1. The highest BCUT2D eigenvalue weighted by atomic mass is 32.2. The largest absolute Gasteiger partial charge is 0.611 e. The predicted octanol–water partition coefficient (Wildman–Crippen LogP) is 5.43. The fourth-order valence-corrected chi connectivity index (χ4v) is 6.72. The van der Waals surface area contributed by atoms with Crippen molar-refractivity contribution in [2.45, 2.75) is 43.8 Å². The Balaban J connectivity index is 1.81. The first-order valence-corrected chi connectivity index (χ1v) is 13.4. The number of thiophene rings is 1. The molecule has 0 saturated carbocycles. The molecule has 3 heterocycles. The fourth-order valence-electron chi connectivity index (χ4n) is 3.32. The van der Waals surface area contributed by atoms with Crippen LogP contribution in [0.15, 0.2) is 46.1 Å². The van der Waals surface area contributed by atoms with E-state index in [-0.39, 0.29) is 0 Å².